The molecule has 0 radical (unpaired) electrons. The van der Waals surface area contributed by atoms with Crippen molar-refractivity contribution < 1.29 is 0 Å². The molecule has 1 aromatic rings. The first-order valence-corrected chi connectivity index (χ1v) is 7.20. The summed E-state index contributed by atoms with van der Waals surface area (Å²) < 4.78 is 0. The Morgan fingerprint density at radius 2 is 2.18 bits per heavy atom. The quantitative estimate of drug-likeness (QED) is 0.746. The molecule has 0 spiro atoms. The third kappa shape index (κ3) is 2.03. The van der Waals surface area contributed by atoms with Gasteiger partial charge in [0.1, 0.15) is 5.82 Å². The van der Waals surface area contributed by atoms with E-state index in [9.17, 15) is 0 Å². The van der Waals surface area contributed by atoms with Crippen LogP contribution in [0.1, 0.15) is 37.7 Å². The highest BCUT2D eigenvalue weighted by molar-refractivity contribution is 6.17. The molecule has 0 N–H and O–H groups in total. The number of fused-ring (bicyclic) bond motifs is 1. The van der Waals surface area contributed by atoms with E-state index in [4.69, 9.17) is 11.6 Å². The van der Waals surface area contributed by atoms with Crippen LogP contribution in [0, 0.1) is 5.92 Å². The van der Waals surface area contributed by atoms with Gasteiger partial charge in [0.15, 0.2) is 0 Å². The van der Waals surface area contributed by atoms with Crippen molar-refractivity contribution >= 4 is 17.4 Å². The number of halogens is 1. The monoisotopic (exact) mass is 250 g/mol. The summed E-state index contributed by atoms with van der Waals surface area (Å²) in [6.07, 6.45) is 8.76. The van der Waals surface area contributed by atoms with E-state index in [0.717, 1.165) is 24.3 Å². The zero-order chi connectivity index (χ0) is 11.7. The van der Waals surface area contributed by atoms with Gasteiger partial charge in [-0.2, -0.15) is 0 Å². The minimum Gasteiger partial charge on any atom is -0.353 e. The molecule has 2 nitrogen and oxygen atoms in total. The molecule has 92 valence electrons. The van der Waals surface area contributed by atoms with Crippen LogP contribution in [0.5, 0.6) is 0 Å². The normalized spacial score (nSPS) is 28.2. The summed E-state index contributed by atoms with van der Waals surface area (Å²) in [5.74, 6) is 2.60. The van der Waals surface area contributed by atoms with Crippen LogP contribution in [0.4, 0.5) is 5.82 Å². The van der Waals surface area contributed by atoms with Crippen molar-refractivity contribution in [2.45, 2.75) is 44.0 Å². The van der Waals surface area contributed by atoms with Crippen LogP contribution >= 0.6 is 11.6 Å². The summed E-state index contributed by atoms with van der Waals surface area (Å²) in [5, 5.41) is 0. The zero-order valence-corrected chi connectivity index (χ0v) is 10.9. The number of aromatic nitrogens is 1. The Morgan fingerprint density at radius 1 is 1.29 bits per heavy atom. The number of anilines is 1. The number of alkyl halides is 1. The minimum absolute atomic E-state index is 0.567. The van der Waals surface area contributed by atoms with Crippen molar-refractivity contribution in [2.24, 2.45) is 5.92 Å². The van der Waals surface area contributed by atoms with Crippen LogP contribution in [0.3, 0.4) is 0 Å². The molecule has 1 aliphatic heterocycles. The lowest BCUT2D eigenvalue weighted by Gasteiger charge is -2.33. The maximum atomic E-state index is 6.02. The summed E-state index contributed by atoms with van der Waals surface area (Å²) in [4.78, 5) is 7.08. The van der Waals surface area contributed by atoms with Crippen LogP contribution in [-0.2, 0) is 5.88 Å². The highest BCUT2D eigenvalue weighted by Gasteiger charge is 2.36. The largest absolute Gasteiger partial charge is 0.353 e. The molecule has 1 aromatic heterocycles. The molecule has 1 aliphatic carbocycles. The second-order valence-electron chi connectivity index (χ2n) is 5.21. The lowest BCUT2D eigenvalue weighted by Crippen LogP contribution is -2.35. The van der Waals surface area contributed by atoms with E-state index in [1.54, 1.807) is 0 Å². The van der Waals surface area contributed by atoms with Gasteiger partial charge in [0.2, 0.25) is 0 Å². The molecule has 3 heteroatoms. The zero-order valence-electron chi connectivity index (χ0n) is 10.1. The second-order valence-corrected chi connectivity index (χ2v) is 5.48. The SMILES string of the molecule is ClCc1cccnc1N1CCC2CCCCC21. The average molecular weight is 251 g/mol. The first kappa shape index (κ1) is 11.3. The van der Waals surface area contributed by atoms with Crippen molar-refractivity contribution in [2.75, 3.05) is 11.4 Å². The van der Waals surface area contributed by atoms with Crippen LogP contribution in [0.15, 0.2) is 18.3 Å². The van der Waals surface area contributed by atoms with Gasteiger partial charge in [0, 0.05) is 24.3 Å². The van der Waals surface area contributed by atoms with Crippen LogP contribution < -0.4 is 4.90 Å². The molecule has 2 unspecified atom stereocenters. The Hall–Kier alpha value is -0.760. The van der Waals surface area contributed by atoms with Crippen LogP contribution in [0.2, 0.25) is 0 Å². The van der Waals surface area contributed by atoms with Gasteiger partial charge < -0.3 is 4.90 Å². The fourth-order valence-electron chi connectivity index (χ4n) is 3.46. The molecule has 0 aromatic carbocycles. The average Bonchev–Trinajstić information content (AvgIpc) is 2.82. The van der Waals surface area contributed by atoms with Gasteiger partial charge in [-0.25, -0.2) is 4.98 Å². The smallest absolute Gasteiger partial charge is 0.133 e. The Balaban J connectivity index is 1.88. The maximum Gasteiger partial charge on any atom is 0.133 e. The molecule has 3 rings (SSSR count). The van der Waals surface area contributed by atoms with Gasteiger partial charge in [-0.3, -0.25) is 0 Å². The third-order valence-electron chi connectivity index (χ3n) is 4.29. The maximum absolute atomic E-state index is 6.02. The van der Waals surface area contributed by atoms with E-state index in [1.165, 1.54) is 37.7 Å². The van der Waals surface area contributed by atoms with Crippen LogP contribution in [0.25, 0.3) is 0 Å². The fourth-order valence-corrected chi connectivity index (χ4v) is 3.67. The molecule has 0 amide bonds. The van der Waals surface area contributed by atoms with Crippen LogP contribution in [-0.4, -0.2) is 17.6 Å². The number of nitrogens with zero attached hydrogens (tertiary/aromatic N) is 2. The third-order valence-corrected chi connectivity index (χ3v) is 4.58. The first-order chi connectivity index (χ1) is 8.40. The van der Waals surface area contributed by atoms with Crippen molar-refractivity contribution in [1.29, 1.82) is 0 Å². The lowest BCUT2D eigenvalue weighted by atomic mass is 9.85. The number of pyridine rings is 1. The lowest BCUT2D eigenvalue weighted by molar-refractivity contribution is 0.341. The Labute approximate surface area is 108 Å². The van der Waals surface area contributed by atoms with Gasteiger partial charge in [0.25, 0.3) is 0 Å². The molecular weight excluding hydrogens is 232 g/mol. The highest BCUT2D eigenvalue weighted by Crippen LogP contribution is 2.39. The van der Waals surface area contributed by atoms with Gasteiger partial charge in [-0.1, -0.05) is 18.9 Å². The first-order valence-electron chi connectivity index (χ1n) is 6.66. The van der Waals surface area contributed by atoms with Gasteiger partial charge >= 0.3 is 0 Å². The van der Waals surface area contributed by atoms with Crippen molar-refractivity contribution in [1.82, 2.24) is 4.98 Å². The summed E-state index contributed by atoms with van der Waals surface area (Å²) in [5.41, 5.74) is 1.18. The molecule has 0 bridgehead atoms. The summed E-state index contributed by atoms with van der Waals surface area (Å²) in [7, 11) is 0. The van der Waals surface area contributed by atoms with E-state index >= 15 is 0 Å². The minimum atomic E-state index is 0.567. The molecule has 2 atom stereocenters. The number of hydrogen-bond donors (Lipinski definition) is 0. The predicted octanol–water partition coefficient (Wildman–Crippen LogP) is 3.59. The van der Waals surface area contributed by atoms with Gasteiger partial charge in [-0.05, 0) is 31.2 Å². The Kier molecular flexibility index (Phi) is 3.24. The van der Waals surface area contributed by atoms with Crippen molar-refractivity contribution in [3.05, 3.63) is 23.9 Å². The summed E-state index contributed by atoms with van der Waals surface area (Å²) >= 11 is 6.02. The summed E-state index contributed by atoms with van der Waals surface area (Å²) in [6.45, 7) is 1.16. The Morgan fingerprint density at radius 3 is 3.06 bits per heavy atom. The van der Waals surface area contributed by atoms with Gasteiger partial charge in [0.05, 0.1) is 5.88 Å². The molecule has 17 heavy (non-hydrogen) atoms. The van der Waals surface area contributed by atoms with E-state index < -0.39 is 0 Å². The van der Waals surface area contributed by atoms with E-state index in [0.29, 0.717) is 5.88 Å². The fraction of sp³-hybridized carbons (Fsp3) is 0.643. The summed E-state index contributed by atoms with van der Waals surface area (Å²) in [6, 6.07) is 4.81. The molecular formula is C14H19ClN2. The molecule has 2 heterocycles. The Bertz CT molecular complexity index is 394. The topological polar surface area (TPSA) is 16.1 Å². The van der Waals surface area contributed by atoms with E-state index in [2.05, 4.69) is 16.0 Å². The number of hydrogen-bond acceptors (Lipinski definition) is 2. The van der Waals surface area contributed by atoms with E-state index in [-0.39, 0.29) is 0 Å². The predicted molar refractivity (Wildman–Crippen MR) is 71.5 cm³/mol. The number of rotatable bonds is 2. The van der Waals surface area contributed by atoms with E-state index in [1.807, 2.05) is 12.3 Å². The molecule has 1 saturated carbocycles. The van der Waals surface area contributed by atoms with Crippen molar-refractivity contribution in [3.63, 3.8) is 0 Å². The van der Waals surface area contributed by atoms with Crippen molar-refractivity contribution in [3.8, 4) is 0 Å². The molecule has 2 aliphatic rings. The molecule has 1 saturated heterocycles. The standard InChI is InChI=1S/C14H19ClN2/c15-10-12-5-3-8-16-14(12)17-9-7-11-4-1-2-6-13(11)17/h3,5,8,11,13H,1-2,4,6-7,9-10H2. The van der Waals surface area contributed by atoms with Gasteiger partial charge in [-0.15, -0.1) is 11.6 Å². The second kappa shape index (κ2) is 4.85. The molecule has 2 fully saturated rings. The highest BCUT2D eigenvalue weighted by atomic mass is 35.5.